The second kappa shape index (κ2) is 9.42. The van der Waals surface area contributed by atoms with Crippen LogP contribution >= 0.6 is 0 Å². The molecule has 0 heterocycles. The number of allylic oxidation sites excluding steroid dienone is 4. The SMILES string of the molecule is CC(=O)C1=C(C)CC2(C)CC3(C)Cc4c(C(C)C)cc(CCCC(C)C)c(C)c4C(=O)C3=C(C)C2(C)C1=O. The Hall–Kier alpha value is -2.29. The molecular formula is C35H48O3. The first kappa shape index (κ1) is 28.7. The third kappa shape index (κ3) is 4.02. The molecule has 0 bridgehead atoms. The Bertz CT molecular complexity index is 1300. The van der Waals surface area contributed by atoms with Crippen molar-refractivity contribution in [3.05, 3.63) is 56.2 Å². The Balaban J connectivity index is 1.95. The monoisotopic (exact) mass is 516 g/mol. The van der Waals surface area contributed by atoms with Crippen molar-refractivity contribution in [3.8, 4) is 0 Å². The van der Waals surface area contributed by atoms with Gasteiger partial charge in [0.15, 0.2) is 17.3 Å². The number of rotatable bonds is 6. The molecule has 38 heavy (non-hydrogen) atoms. The predicted octanol–water partition coefficient (Wildman–Crippen LogP) is 8.45. The van der Waals surface area contributed by atoms with E-state index in [0.717, 1.165) is 53.5 Å². The van der Waals surface area contributed by atoms with Crippen LogP contribution in [-0.2, 0) is 22.4 Å². The fourth-order valence-electron chi connectivity index (χ4n) is 8.54. The molecule has 0 saturated heterocycles. The molecule has 3 aliphatic carbocycles. The topological polar surface area (TPSA) is 51.2 Å². The molecule has 3 nitrogen and oxygen atoms in total. The molecule has 0 amide bonds. The van der Waals surface area contributed by atoms with Crippen molar-refractivity contribution in [1.82, 2.24) is 0 Å². The molecule has 0 spiro atoms. The average molecular weight is 517 g/mol. The number of hydrogen-bond donors (Lipinski definition) is 0. The summed E-state index contributed by atoms with van der Waals surface area (Å²) in [6.07, 6.45) is 5.57. The molecule has 3 unspecified atom stereocenters. The molecule has 1 aromatic carbocycles. The van der Waals surface area contributed by atoms with Gasteiger partial charge < -0.3 is 0 Å². The van der Waals surface area contributed by atoms with E-state index in [9.17, 15) is 14.4 Å². The van der Waals surface area contributed by atoms with Crippen LogP contribution in [0.15, 0.2) is 28.4 Å². The van der Waals surface area contributed by atoms with E-state index in [1.54, 1.807) is 0 Å². The van der Waals surface area contributed by atoms with Crippen molar-refractivity contribution in [2.24, 2.45) is 22.2 Å². The van der Waals surface area contributed by atoms with E-state index in [4.69, 9.17) is 0 Å². The van der Waals surface area contributed by atoms with Crippen LogP contribution in [0.5, 0.6) is 0 Å². The molecular weight excluding hydrogens is 468 g/mol. The first-order valence-electron chi connectivity index (χ1n) is 14.7. The highest BCUT2D eigenvalue weighted by Crippen LogP contribution is 2.66. The van der Waals surface area contributed by atoms with Crippen molar-refractivity contribution in [2.45, 2.75) is 121 Å². The normalized spacial score (nSPS) is 29.2. The Morgan fingerprint density at radius 2 is 1.63 bits per heavy atom. The molecule has 1 aromatic rings. The molecule has 3 heteroatoms. The standard InChI is InChI=1S/C35H48O3/c1-19(2)13-12-14-25-15-26(20(3)4)27-17-33(9)18-34(10)16-21(5)28(24(8)36)32(38)35(34,11)23(7)30(33)31(37)29(27)22(25)6/h15,19-20H,12-14,16-18H2,1-11H3. The van der Waals surface area contributed by atoms with Gasteiger partial charge in [0, 0.05) is 16.6 Å². The minimum absolute atomic E-state index is 0.0936. The Morgan fingerprint density at radius 3 is 2.18 bits per heavy atom. The Labute approximate surface area is 230 Å². The largest absolute Gasteiger partial charge is 0.294 e. The number of carbonyl (C=O) groups is 3. The van der Waals surface area contributed by atoms with Gasteiger partial charge in [-0.15, -0.1) is 0 Å². The highest BCUT2D eigenvalue weighted by atomic mass is 16.2. The van der Waals surface area contributed by atoms with Gasteiger partial charge in [0.2, 0.25) is 0 Å². The van der Waals surface area contributed by atoms with Gasteiger partial charge in [-0.2, -0.15) is 0 Å². The molecule has 4 rings (SSSR count). The molecule has 0 saturated carbocycles. The fraction of sp³-hybridized carbons (Fsp3) is 0.629. The highest BCUT2D eigenvalue weighted by Gasteiger charge is 2.63. The second-order valence-electron chi connectivity index (χ2n) is 14.2. The van der Waals surface area contributed by atoms with E-state index in [1.807, 2.05) is 20.8 Å². The summed E-state index contributed by atoms with van der Waals surface area (Å²) in [5.41, 5.74) is 7.24. The average Bonchev–Trinajstić information content (AvgIpc) is 2.76. The van der Waals surface area contributed by atoms with Crippen molar-refractivity contribution in [1.29, 1.82) is 0 Å². The van der Waals surface area contributed by atoms with E-state index in [1.165, 1.54) is 30.0 Å². The lowest BCUT2D eigenvalue weighted by Gasteiger charge is -2.59. The van der Waals surface area contributed by atoms with Crippen molar-refractivity contribution in [3.63, 3.8) is 0 Å². The summed E-state index contributed by atoms with van der Waals surface area (Å²) in [6, 6.07) is 2.39. The lowest BCUT2D eigenvalue weighted by molar-refractivity contribution is -0.134. The highest BCUT2D eigenvalue weighted by molar-refractivity contribution is 6.24. The Morgan fingerprint density at radius 1 is 1.00 bits per heavy atom. The zero-order valence-corrected chi connectivity index (χ0v) is 25.7. The summed E-state index contributed by atoms with van der Waals surface area (Å²) < 4.78 is 0. The van der Waals surface area contributed by atoms with Gasteiger partial charge in [0.25, 0.3) is 0 Å². The number of hydrogen-bond acceptors (Lipinski definition) is 3. The quantitative estimate of drug-likeness (QED) is 0.356. The van der Waals surface area contributed by atoms with E-state index >= 15 is 0 Å². The van der Waals surface area contributed by atoms with Crippen LogP contribution in [0.25, 0.3) is 0 Å². The van der Waals surface area contributed by atoms with E-state index < -0.39 is 5.41 Å². The van der Waals surface area contributed by atoms with Gasteiger partial charge in [-0.1, -0.05) is 65.2 Å². The third-order valence-corrected chi connectivity index (χ3v) is 10.5. The Kier molecular flexibility index (Phi) is 7.12. The molecule has 0 radical (unpaired) electrons. The van der Waals surface area contributed by atoms with Crippen molar-refractivity contribution in [2.75, 3.05) is 0 Å². The first-order chi connectivity index (χ1) is 17.5. The van der Waals surface area contributed by atoms with Gasteiger partial charge in [0.1, 0.15) is 0 Å². The lowest BCUT2D eigenvalue weighted by Crippen LogP contribution is -2.57. The molecule has 3 aliphatic rings. The maximum Gasteiger partial charge on any atom is 0.190 e. The summed E-state index contributed by atoms with van der Waals surface area (Å²) in [7, 11) is 0. The molecule has 0 N–H and O–H groups in total. The van der Waals surface area contributed by atoms with Crippen LogP contribution in [0.4, 0.5) is 0 Å². The van der Waals surface area contributed by atoms with Crippen LogP contribution in [0.3, 0.4) is 0 Å². The number of aryl methyl sites for hydroxylation is 1. The zero-order chi connectivity index (χ0) is 28.5. The van der Waals surface area contributed by atoms with Gasteiger partial charge in [-0.05, 0) is 106 Å². The first-order valence-corrected chi connectivity index (χ1v) is 14.7. The number of ketones is 3. The lowest BCUT2D eigenvalue weighted by atomic mass is 9.42. The second-order valence-corrected chi connectivity index (χ2v) is 14.2. The van der Waals surface area contributed by atoms with Gasteiger partial charge in [-0.25, -0.2) is 0 Å². The van der Waals surface area contributed by atoms with Crippen LogP contribution in [0, 0.1) is 29.1 Å². The van der Waals surface area contributed by atoms with Gasteiger partial charge in [0.05, 0.1) is 11.0 Å². The maximum absolute atomic E-state index is 14.7. The summed E-state index contributed by atoms with van der Waals surface area (Å²) in [4.78, 5) is 41.3. The van der Waals surface area contributed by atoms with Crippen LogP contribution in [0.2, 0.25) is 0 Å². The van der Waals surface area contributed by atoms with Crippen LogP contribution in [-0.4, -0.2) is 17.3 Å². The summed E-state index contributed by atoms with van der Waals surface area (Å²) in [5, 5.41) is 0. The van der Waals surface area contributed by atoms with Crippen molar-refractivity contribution < 1.29 is 14.4 Å². The van der Waals surface area contributed by atoms with Crippen molar-refractivity contribution >= 4 is 17.3 Å². The van der Waals surface area contributed by atoms with Gasteiger partial charge in [-0.3, -0.25) is 14.4 Å². The number of fused-ring (bicyclic) bond motifs is 3. The molecule has 3 atom stereocenters. The molecule has 0 fully saturated rings. The predicted molar refractivity (Wildman–Crippen MR) is 156 cm³/mol. The minimum Gasteiger partial charge on any atom is -0.294 e. The third-order valence-electron chi connectivity index (χ3n) is 10.5. The minimum atomic E-state index is -0.862. The maximum atomic E-state index is 14.7. The number of benzene rings is 1. The summed E-state index contributed by atoms with van der Waals surface area (Å²) in [6.45, 7) is 23.0. The number of Topliss-reactive ketones (excluding diaryl/α,β-unsaturated/α-hetero) is 3. The van der Waals surface area contributed by atoms with E-state index in [-0.39, 0.29) is 28.2 Å². The van der Waals surface area contributed by atoms with E-state index in [0.29, 0.717) is 23.8 Å². The zero-order valence-electron chi connectivity index (χ0n) is 25.7. The van der Waals surface area contributed by atoms with Crippen LogP contribution in [0.1, 0.15) is 133 Å². The molecule has 0 aliphatic heterocycles. The van der Waals surface area contributed by atoms with E-state index in [2.05, 4.69) is 54.5 Å². The van der Waals surface area contributed by atoms with Gasteiger partial charge >= 0.3 is 0 Å². The molecule has 0 aromatic heterocycles. The fourth-order valence-corrected chi connectivity index (χ4v) is 8.54. The van der Waals surface area contributed by atoms with Crippen LogP contribution < -0.4 is 0 Å². The summed E-state index contributed by atoms with van der Waals surface area (Å²) >= 11 is 0. The smallest absolute Gasteiger partial charge is 0.190 e. The molecule has 206 valence electrons. The number of carbonyl (C=O) groups excluding carboxylic acids is 3. The summed E-state index contributed by atoms with van der Waals surface area (Å²) in [5.74, 6) is 0.855.